The van der Waals surface area contributed by atoms with Gasteiger partial charge in [-0.1, -0.05) is 35.3 Å². The molecule has 0 fully saturated rings. The Morgan fingerprint density at radius 1 is 0.900 bits per heavy atom. The number of aryl methyl sites for hydroxylation is 1. The van der Waals surface area contributed by atoms with Crippen LogP contribution in [0, 0.1) is 12.7 Å². The molecule has 0 radical (unpaired) electrons. The Kier molecular flexibility index (Phi) is 5.60. The maximum absolute atomic E-state index is 13.4. The largest absolute Gasteiger partial charge is 0.326 e. The van der Waals surface area contributed by atoms with Crippen LogP contribution in [0.1, 0.15) is 5.56 Å². The number of halogens is 3. The summed E-state index contributed by atoms with van der Waals surface area (Å²) in [7, 11) is 0. The molecule has 0 saturated carbocycles. The third-order valence-electron chi connectivity index (χ3n) is 4.50. The minimum Gasteiger partial charge on any atom is -0.326 e. The zero-order valence-corrected chi connectivity index (χ0v) is 17.8. The second kappa shape index (κ2) is 8.18. The summed E-state index contributed by atoms with van der Waals surface area (Å²) in [6.45, 7) is 1.90. The molecule has 0 unspecified atom stereocenters. The lowest BCUT2D eigenvalue weighted by Crippen LogP contribution is -2.28. The molecule has 30 heavy (non-hydrogen) atoms. The van der Waals surface area contributed by atoms with Crippen molar-refractivity contribution in [2.24, 2.45) is 0 Å². The molecular formula is C21H14Cl2FN3O2S. The fourth-order valence-corrected chi connectivity index (χ4v) is 4.17. The van der Waals surface area contributed by atoms with Crippen LogP contribution in [-0.2, 0) is 0 Å². The molecular weight excluding hydrogens is 448 g/mol. The molecule has 0 saturated heterocycles. The summed E-state index contributed by atoms with van der Waals surface area (Å²) in [5.74, 6) is -0.484. The fraction of sp³-hybridized carbons (Fsp3) is 0.0476. The third-order valence-corrected chi connectivity index (χ3v) is 6.10. The fourth-order valence-electron chi connectivity index (χ4n) is 2.95. The van der Waals surface area contributed by atoms with Gasteiger partial charge in [0.25, 0.3) is 0 Å². The number of hydrogen-bond donors (Lipinski definition) is 3. The van der Waals surface area contributed by atoms with E-state index in [0.717, 1.165) is 21.7 Å². The molecule has 0 aliphatic rings. The molecule has 0 aliphatic heterocycles. The summed E-state index contributed by atoms with van der Waals surface area (Å²) in [4.78, 5) is 29.0. The highest BCUT2D eigenvalue weighted by Gasteiger charge is 2.09. The average molecular weight is 462 g/mol. The predicted octanol–water partition coefficient (Wildman–Crippen LogP) is 5.76. The van der Waals surface area contributed by atoms with E-state index in [1.54, 1.807) is 24.3 Å². The van der Waals surface area contributed by atoms with Crippen LogP contribution in [0.15, 0.2) is 63.0 Å². The number of hydrogen-bond acceptors (Lipinski definition) is 4. The molecule has 152 valence electrons. The quantitative estimate of drug-likeness (QED) is 0.266. The first kappa shape index (κ1) is 20.5. The van der Waals surface area contributed by atoms with Crippen LogP contribution in [-0.4, -0.2) is 9.97 Å². The van der Waals surface area contributed by atoms with Crippen molar-refractivity contribution in [3.63, 3.8) is 0 Å². The van der Waals surface area contributed by atoms with E-state index in [4.69, 9.17) is 23.2 Å². The Morgan fingerprint density at radius 3 is 2.27 bits per heavy atom. The second-order valence-corrected chi connectivity index (χ2v) is 8.26. The van der Waals surface area contributed by atoms with Gasteiger partial charge in [-0.05, 0) is 66.4 Å². The van der Waals surface area contributed by atoms with Crippen molar-refractivity contribution >= 4 is 51.9 Å². The summed E-state index contributed by atoms with van der Waals surface area (Å²) in [5.41, 5.74) is 2.85. The highest BCUT2D eigenvalue weighted by molar-refractivity contribution is 8.00. The summed E-state index contributed by atoms with van der Waals surface area (Å²) in [5, 5.41) is 0.521. The Morgan fingerprint density at radius 2 is 1.60 bits per heavy atom. The first-order chi connectivity index (χ1) is 14.3. The van der Waals surface area contributed by atoms with Crippen LogP contribution in [0.5, 0.6) is 0 Å². The standard InChI is InChI=1S/C21H14Cl2FN3O2S/c1-10-6-17-18(26-21(29)20(28)25-17)9-19(10)30-27-12-3-4-13(14(22)8-12)11-2-5-16(24)15(23)7-11/h2-9,27H,1H3,(H,25,28)(H,26,29). The molecule has 1 heterocycles. The van der Waals surface area contributed by atoms with Gasteiger partial charge >= 0.3 is 11.1 Å². The van der Waals surface area contributed by atoms with Crippen molar-refractivity contribution < 1.29 is 4.39 Å². The van der Waals surface area contributed by atoms with Crippen molar-refractivity contribution in [3.8, 4) is 11.1 Å². The highest BCUT2D eigenvalue weighted by Crippen LogP contribution is 2.34. The molecule has 3 aromatic carbocycles. The van der Waals surface area contributed by atoms with Gasteiger partial charge in [0, 0.05) is 16.1 Å². The SMILES string of the molecule is Cc1cc2[nH]c(=O)c(=O)[nH]c2cc1SNc1ccc(-c2ccc(F)c(Cl)c2)c(Cl)c1. The monoisotopic (exact) mass is 461 g/mol. The van der Waals surface area contributed by atoms with E-state index in [1.165, 1.54) is 24.1 Å². The highest BCUT2D eigenvalue weighted by atomic mass is 35.5. The van der Waals surface area contributed by atoms with Gasteiger partial charge in [0.15, 0.2) is 0 Å². The molecule has 3 N–H and O–H groups in total. The van der Waals surface area contributed by atoms with Gasteiger partial charge in [0.05, 0.1) is 21.1 Å². The number of rotatable bonds is 4. The summed E-state index contributed by atoms with van der Waals surface area (Å²) >= 11 is 13.6. The minimum atomic E-state index is -0.696. The number of fused-ring (bicyclic) bond motifs is 1. The molecule has 0 spiro atoms. The molecule has 0 aliphatic carbocycles. The molecule has 1 aromatic heterocycles. The Hall–Kier alpha value is -2.74. The van der Waals surface area contributed by atoms with Gasteiger partial charge in [-0.25, -0.2) is 4.39 Å². The zero-order chi connectivity index (χ0) is 21.4. The van der Waals surface area contributed by atoms with Gasteiger partial charge in [-0.15, -0.1) is 0 Å². The maximum atomic E-state index is 13.4. The van der Waals surface area contributed by atoms with E-state index in [9.17, 15) is 14.0 Å². The Bertz CT molecular complexity index is 1400. The molecule has 5 nitrogen and oxygen atoms in total. The van der Waals surface area contributed by atoms with E-state index in [0.29, 0.717) is 21.6 Å². The van der Waals surface area contributed by atoms with Gasteiger partial charge < -0.3 is 14.7 Å². The summed E-state index contributed by atoms with van der Waals surface area (Å²) in [6.07, 6.45) is 0. The van der Waals surface area contributed by atoms with Gasteiger partial charge in [0.2, 0.25) is 0 Å². The van der Waals surface area contributed by atoms with Crippen molar-refractivity contribution in [1.29, 1.82) is 0 Å². The number of aromatic nitrogens is 2. The molecule has 0 amide bonds. The Labute approximate surface area is 184 Å². The first-order valence-electron chi connectivity index (χ1n) is 8.76. The average Bonchev–Trinajstić information content (AvgIpc) is 2.70. The lowest BCUT2D eigenvalue weighted by Gasteiger charge is -2.11. The van der Waals surface area contributed by atoms with Crippen LogP contribution in [0.4, 0.5) is 10.1 Å². The van der Waals surface area contributed by atoms with E-state index in [-0.39, 0.29) is 5.02 Å². The van der Waals surface area contributed by atoms with Gasteiger partial charge in [0.1, 0.15) is 5.82 Å². The Balaban J connectivity index is 1.58. The molecule has 4 rings (SSSR count). The lowest BCUT2D eigenvalue weighted by molar-refractivity contribution is 0.628. The van der Waals surface area contributed by atoms with Crippen molar-refractivity contribution in [1.82, 2.24) is 9.97 Å². The molecule has 0 atom stereocenters. The van der Waals surface area contributed by atoms with Crippen LogP contribution in [0.2, 0.25) is 10.0 Å². The first-order valence-corrected chi connectivity index (χ1v) is 10.3. The van der Waals surface area contributed by atoms with Crippen molar-refractivity contribution in [2.75, 3.05) is 4.72 Å². The number of nitrogens with one attached hydrogen (secondary N) is 3. The van der Waals surface area contributed by atoms with Crippen LogP contribution >= 0.6 is 35.1 Å². The molecule has 4 aromatic rings. The number of aromatic amines is 2. The predicted molar refractivity (Wildman–Crippen MR) is 121 cm³/mol. The number of benzene rings is 3. The van der Waals surface area contributed by atoms with Crippen LogP contribution in [0.3, 0.4) is 0 Å². The van der Waals surface area contributed by atoms with Crippen molar-refractivity contribution in [3.05, 3.63) is 90.7 Å². The van der Waals surface area contributed by atoms with E-state index >= 15 is 0 Å². The smallest absolute Gasteiger partial charge is 0.314 e. The topological polar surface area (TPSA) is 77.8 Å². The third kappa shape index (κ3) is 4.09. The number of anilines is 1. The summed E-state index contributed by atoms with van der Waals surface area (Å²) in [6, 6.07) is 13.5. The minimum absolute atomic E-state index is 0.0347. The molecule has 0 bridgehead atoms. The second-order valence-electron chi connectivity index (χ2n) is 6.60. The molecule has 9 heteroatoms. The van der Waals surface area contributed by atoms with Crippen molar-refractivity contribution in [2.45, 2.75) is 11.8 Å². The van der Waals surface area contributed by atoms with Crippen LogP contribution < -0.4 is 15.8 Å². The van der Waals surface area contributed by atoms with Crippen LogP contribution in [0.25, 0.3) is 22.2 Å². The zero-order valence-electron chi connectivity index (χ0n) is 15.5. The lowest BCUT2D eigenvalue weighted by atomic mass is 10.1. The van der Waals surface area contributed by atoms with Gasteiger partial charge in [-0.3, -0.25) is 9.59 Å². The number of H-pyrrole nitrogens is 2. The maximum Gasteiger partial charge on any atom is 0.314 e. The van der Waals surface area contributed by atoms with E-state index in [1.807, 2.05) is 19.1 Å². The normalized spacial score (nSPS) is 11.1. The van der Waals surface area contributed by atoms with Gasteiger partial charge in [-0.2, -0.15) is 0 Å². The van der Waals surface area contributed by atoms with E-state index in [2.05, 4.69) is 14.7 Å². The van der Waals surface area contributed by atoms with E-state index < -0.39 is 16.9 Å². The summed E-state index contributed by atoms with van der Waals surface area (Å²) < 4.78 is 16.6.